The third-order valence-electron chi connectivity index (χ3n) is 3.36. The van der Waals surface area contributed by atoms with Gasteiger partial charge in [-0.05, 0) is 44.5 Å². The Balaban J connectivity index is 2.23. The fourth-order valence-electron chi connectivity index (χ4n) is 2.58. The first-order valence-corrected chi connectivity index (χ1v) is 6.46. The van der Waals surface area contributed by atoms with Crippen molar-refractivity contribution in [3.8, 4) is 0 Å². The maximum atomic E-state index is 9.27. The summed E-state index contributed by atoms with van der Waals surface area (Å²) in [6, 6.07) is 8.40. The largest absolute Gasteiger partial charge is 0.396 e. The number of halogens is 1. The summed E-state index contributed by atoms with van der Waals surface area (Å²) in [6.45, 7) is 5.72. The summed E-state index contributed by atoms with van der Waals surface area (Å²) < 4.78 is 1.10. The minimum absolute atomic E-state index is 0.140. The van der Waals surface area contributed by atoms with Crippen molar-refractivity contribution in [2.45, 2.75) is 25.8 Å². The molecule has 2 rings (SSSR count). The zero-order chi connectivity index (χ0) is 11.8. The Kier molecular flexibility index (Phi) is 3.27. The van der Waals surface area contributed by atoms with Crippen LogP contribution >= 0.6 is 15.9 Å². The molecular weight excluding hydrogens is 266 g/mol. The number of aliphatic hydroxyl groups excluding tert-OH is 1. The van der Waals surface area contributed by atoms with Crippen LogP contribution in [-0.4, -0.2) is 23.8 Å². The summed E-state index contributed by atoms with van der Waals surface area (Å²) >= 11 is 3.45. The number of rotatable bonds is 2. The third kappa shape index (κ3) is 2.25. The van der Waals surface area contributed by atoms with Crippen LogP contribution in [0, 0.1) is 5.92 Å². The minimum Gasteiger partial charge on any atom is -0.396 e. The molecule has 0 saturated carbocycles. The maximum absolute atomic E-state index is 9.27. The molecule has 1 aromatic carbocycles. The van der Waals surface area contributed by atoms with Gasteiger partial charge in [-0.3, -0.25) is 0 Å². The van der Waals surface area contributed by atoms with Crippen LogP contribution in [0.5, 0.6) is 0 Å². The van der Waals surface area contributed by atoms with Crippen molar-refractivity contribution in [1.82, 2.24) is 0 Å². The zero-order valence-electron chi connectivity index (χ0n) is 9.78. The van der Waals surface area contributed by atoms with Gasteiger partial charge in [-0.1, -0.05) is 15.9 Å². The molecule has 0 bridgehead atoms. The molecule has 1 N–H and O–H groups in total. The van der Waals surface area contributed by atoms with Crippen LogP contribution in [0.4, 0.5) is 5.69 Å². The van der Waals surface area contributed by atoms with E-state index in [1.165, 1.54) is 5.69 Å². The number of benzene rings is 1. The number of aliphatic hydroxyl groups is 1. The van der Waals surface area contributed by atoms with E-state index in [4.69, 9.17) is 0 Å². The lowest BCUT2D eigenvalue weighted by atomic mass is 9.97. The van der Waals surface area contributed by atoms with Gasteiger partial charge in [0.1, 0.15) is 0 Å². The molecule has 88 valence electrons. The van der Waals surface area contributed by atoms with Gasteiger partial charge in [0.2, 0.25) is 0 Å². The fraction of sp³-hybridized carbons (Fsp3) is 0.538. The first-order valence-electron chi connectivity index (χ1n) is 5.67. The third-order valence-corrected chi connectivity index (χ3v) is 3.88. The standard InChI is InChI=1S/C13H18BrNO/c1-13(2)7-10(9-16)8-15(13)12-5-3-11(14)4-6-12/h3-6,10,16H,7-9H2,1-2H3. The van der Waals surface area contributed by atoms with E-state index in [2.05, 4.69) is 58.9 Å². The van der Waals surface area contributed by atoms with E-state index in [0.717, 1.165) is 17.4 Å². The van der Waals surface area contributed by atoms with Crippen molar-refractivity contribution in [1.29, 1.82) is 0 Å². The van der Waals surface area contributed by atoms with Crippen LogP contribution in [0.2, 0.25) is 0 Å². The second-order valence-corrected chi connectivity index (χ2v) is 6.07. The SMILES string of the molecule is CC1(C)CC(CO)CN1c1ccc(Br)cc1. The van der Waals surface area contributed by atoms with Crippen LogP contribution in [0.3, 0.4) is 0 Å². The molecule has 1 atom stereocenters. The van der Waals surface area contributed by atoms with Crippen LogP contribution in [-0.2, 0) is 0 Å². The molecule has 1 heterocycles. The van der Waals surface area contributed by atoms with Crippen LogP contribution in [0.25, 0.3) is 0 Å². The van der Waals surface area contributed by atoms with Gasteiger partial charge in [-0.25, -0.2) is 0 Å². The summed E-state index contributed by atoms with van der Waals surface area (Å²) in [6.07, 6.45) is 1.06. The molecule has 1 aliphatic heterocycles. The van der Waals surface area contributed by atoms with E-state index in [1.807, 2.05) is 0 Å². The second-order valence-electron chi connectivity index (χ2n) is 5.15. The van der Waals surface area contributed by atoms with E-state index in [0.29, 0.717) is 5.92 Å². The summed E-state index contributed by atoms with van der Waals surface area (Å²) in [5, 5.41) is 9.27. The van der Waals surface area contributed by atoms with Crippen molar-refractivity contribution in [2.75, 3.05) is 18.1 Å². The molecule has 1 saturated heterocycles. The molecule has 1 unspecified atom stereocenters. The van der Waals surface area contributed by atoms with Crippen molar-refractivity contribution >= 4 is 21.6 Å². The highest BCUT2D eigenvalue weighted by Crippen LogP contribution is 2.36. The highest BCUT2D eigenvalue weighted by molar-refractivity contribution is 9.10. The van der Waals surface area contributed by atoms with E-state index < -0.39 is 0 Å². The topological polar surface area (TPSA) is 23.5 Å². The number of hydrogen-bond acceptors (Lipinski definition) is 2. The molecule has 2 nitrogen and oxygen atoms in total. The van der Waals surface area contributed by atoms with Gasteiger partial charge in [-0.15, -0.1) is 0 Å². The van der Waals surface area contributed by atoms with Gasteiger partial charge >= 0.3 is 0 Å². The normalized spacial score (nSPS) is 23.8. The van der Waals surface area contributed by atoms with Crippen LogP contribution in [0.1, 0.15) is 20.3 Å². The van der Waals surface area contributed by atoms with E-state index in [1.54, 1.807) is 0 Å². The Morgan fingerprint density at radius 1 is 1.38 bits per heavy atom. The van der Waals surface area contributed by atoms with E-state index in [9.17, 15) is 5.11 Å². The average Bonchev–Trinajstić information content (AvgIpc) is 2.55. The lowest BCUT2D eigenvalue weighted by Gasteiger charge is -2.33. The molecule has 0 aromatic heterocycles. The van der Waals surface area contributed by atoms with Crippen molar-refractivity contribution in [2.24, 2.45) is 5.92 Å². The average molecular weight is 284 g/mol. The maximum Gasteiger partial charge on any atom is 0.0477 e. The fourth-order valence-corrected chi connectivity index (χ4v) is 2.85. The summed E-state index contributed by atoms with van der Waals surface area (Å²) in [5.41, 5.74) is 1.38. The van der Waals surface area contributed by atoms with Crippen LogP contribution < -0.4 is 4.90 Å². The Morgan fingerprint density at radius 3 is 2.50 bits per heavy atom. The Bertz CT molecular complexity index is 361. The van der Waals surface area contributed by atoms with Gasteiger partial charge < -0.3 is 10.0 Å². The first-order chi connectivity index (χ1) is 7.53. The highest BCUT2D eigenvalue weighted by atomic mass is 79.9. The smallest absolute Gasteiger partial charge is 0.0477 e. The second kappa shape index (κ2) is 4.38. The summed E-state index contributed by atoms with van der Waals surface area (Å²) in [4.78, 5) is 2.39. The van der Waals surface area contributed by atoms with Gasteiger partial charge in [0.25, 0.3) is 0 Å². The summed E-state index contributed by atoms with van der Waals surface area (Å²) in [7, 11) is 0. The molecule has 1 fully saturated rings. The number of hydrogen-bond donors (Lipinski definition) is 1. The highest BCUT2D eigenvalue weighted by Gasteiger charge is 2.37. The van der Waals surface area contributed by atoms with Gasteiger partial charge in [0.05, 0.1) is 0 Å². The molecule has 0 spiro atoms. The van der Waals surface area contributed by atoms with Crippen LogP contribution in [0.15, 0.2) is 28.7 Å². The Labute approximate surface area is 105 Å². The molecule has 0 radical (unpaired) electrons. The molecule has 0 aliphatic carbocycles. The predicted octanol–water partition coefficient (Wildman–Crippen LogP) is 3.05. The number of anilines is 1. The molecule has 1 aromatic rings. The number of nitrogens with zero attached hydrogens (tertiary/aromatic N) is 1. The van der Waals surface area contributed by atoms with E-state index in [-0.39, 0.29) is 12.1 Å². The summed E-state index contributed by atoms with van der Waals surface area (Å²) in [5.74, 6) is 0.402. The lowest BCUT2D eigenvalue weighted by molar-refractivity contribution is 0.232. The van der Waals surface area contributed by atoms with Crippen molar-refractivity contribution in [3.63, 3.8) is 0 Å². The first kappa shape index (κ1) is 11.9. The molecule has 1 aliphatic rings. The molecule has 16 heavy (non-hydrogen) atoms. The monoisotopic (exact) mass is 283 g/mol. The van der Waals surface area contributed by atoms with Crippen molar-refractivity contribution < 1.29 is 5.11 Å². The quantitative estimate of drug-likeness (QED) is 0.902. The molecular formula is C13H18BrNO. The predicted molar refractivity (Wildman–Crippen MR) is 70.8 cm³/mol. The molecule has 3 heteroatoms. The Morgan fingerprint density at radius 2 is 2.00 bits per heavy atom. The van der Waals surface area contributed by atoms with Gasteiger partial charge in [0.15, 0.2) is 0 Å². The van der Waals surface area contributed by atoms with Gasteiger partial charge in [0, 0.05) is 34.8 Å². The zero-order valence-corrected chi connectivity index (χ0v) is 11.4. The Hall–Kier alpha value is -0.540. The minimum atomic E-state index is 0.140. The molecule has 0 amide bonds. The van der Waals surface area contributed by atoms with Crippen molar-refractivity contribution in [3.05, 3.63) is 28.7 Å². The van der Waals surface area contributed by atoms with E-state index >= 15 is 0 Å². The van der Waals surface area contributed by atoms with Gasteiger partial charge in [-0.2, -0.15) is 0 Å². The lowest BCUT2D eigenvalue weighted by Crippen LogP contribution is -2.38.